The van der Waals surface area contributed by atoms with Gasteiger partial charge in [0, 0.05) is 31.2 Å². The molecule has 1 aromatic heterocycles. The van der Waals surface area contributed by atoms with E-state index in [1.54, 1.807) is 0 Å². The van der Waals surface area contributed by atoms with Crippen LogP contribution in [0.1, 0.15) is 63.4 Å². The smallest absolute Gasteiger partial charge is 0.223 e. The average Bonchev–Trinajstić information content (AvgIpc) is 3.05. The summed E-state index contributed by atoms with van der Waals surface area (Å²) in [5.74, 6) is 0.910. The highest BCUT2D eigenvalue weighted by Crippen LogP contribution is 2.21. The van der Waals surface area contributed by atoms with Crippen LogP contribution in [-0.4, -0.2) is 53.1 Å². The molecule has 2 heterocycles. The number of unbranched alkanes of at least 4 members (excludes halogenated alkanes) is 1. The van der Waals surface area contributed by atoms with Gasteiger partial charge in [-0.05, 0) is 44.6 Å². The molecule has 1 aliphatic rings. The standard InChI is InChI=1S/C20H35N3O3S/c1-6-7-11-22(18-10-12-27(25,26)14-18)20(24)9-8-19-16(4)21-23(17(19)5)13-15(2)3/h15,18H,6-14H2,1-5H3. The first-order chi connectivity index (χ1) is 12.6. The Kier molecular flexibility index (Phi) is 7.48. The van der Waals surface area contributed by atoms with Gasteiger partial charge in [-0.25, -0.2) is 8.42 Å². The van der Waals surface area contributed by atoms with Gasteiger partial charge in [0.2, 0.25) is 5.91 Å². The lowest BCUT2D eigenvalue weighted by Gasteiger charge is -2.28. The van der Waals surface area contributed by atoms with Gasteiger partial charge >= 0.3 is 0 Å². The summed E-state index contributed by atoms with van der Waals surface area (Å²) in [6, 6.07) is -0.153. The molecule has 27 heavy (non-hydrogen) atoms. The second kappa shape index (κ2) is 9.22. The Morgan fingerprint density at radius 1 is 1.33 bits per heavy atom. The largest absolute Gasteiger partial charge is 0.339 e. The van der Waals surface area contributed by atoms with E-state index in [0.717, 1.165) is 36.3 Å². The van der Waals surface area contributed by atoms with Crippen molar-refractivity contribution in [3.05, 3.63) is 17.0 Å². The van der Waals surface area contributed by atoms with E-state index in [0.29, 0.717) is 31.7 Å². The lowest BCUT2D eigenvalue weighted by Crippen LogP contribution is -2.41. The molecule has 0 bridgehead atoms. The molecule has 0 spiro atoms. The predicted octanol–water partition coefficient (Wildman–Crippen LogP) is 2.90. The van der Waals surface area contributed by atoms with Crippen molar-refractivity contribution >= 4 is 15.7 Å². The lowest BCUT2D eigenvalue weighted by atomic mass is 10.1. The normalized spacial score (nSPS) is 19.0. The minimum atomic E-state index is -3.00. The number of rotatable bonds is 9. The number of nitrogens with zero attached hydrogens (tertiary/aromatic N) is 3. The van der Waals surface area contributed by atoms with Gasteiger partial charge in [-0.1, -0.05) is 27.2 Å². The highest BCUT2D eigenvalue weighted by atomic mass is 32.2. The first kappa shape index (κ1) is 21.9. The third kappa shape index (κ3) is 5.80. The molecule has 1 amide bonds. The molecule has 0 saturated carbocycles. The summed E-state index contributed by atoms with van der Waals surface area (Å²) < 4.78 is 25.7. The minimum Gasteiger partial charge on any atom is -0.339 e. The summed E-state index contributed by atoms with van der Waals surface area (Å²) in [7, 11) is -3.00. The van der Waals surface area contributed by atoms with Crippen LogP contribution in [0.5, 0.6) is 0 Å². The van der Waals surface area contributed by atoms with E-state index in [9.17, 15) is 13.2 Å². The quantitative estimate of drug-likeness (QED) is 0.642. The molecule has 0 aromatic carbocycles. The zero-order chi connectivity index (χ0) is 20.2. The van der Waals surface area contributed by atoms with Crippen molar-refractivity contribution in [2.24, 2.45) is 5.92 Å². The molecule has 1 saturated heterocycles. The van der Waals surface area contributed by atoms with Crippen LogP contribution in [0, 0.1) is 19.8 Å². The van der Waals surface area contributed by atoms with Crippen molar-refractivity contribution in [3.63, 3.8) is 0 Å². The summed E-state index contributed by atoms with van der Waals surface area (Å²) in [5.41, 5.74) is 3.28. The number of aromatic nitrogens is 2. The number of carbonyl (C=O) groups excluding carboxylic acids is 1. The van der Waals surface area contributed by atoms with E-state index in [1.807, 2.05) is 16.5 Å². The summed E-state index contributed by atoms with van der Waals surface area (Å²) in [6.07, 6.45) is 3.55. The first-order valence-electron chi connectivity index (χ1n) is 10.2. The zero-order valence-electron chi connectivity index (χ0n) is 17.5. The summed E-state index contributed by atoms with van der Waals surface area (Å²) in [6.45, 7) is 12.0. The maximum atomic E-state index is 12.9. The van der Waals surface area contributed by atoms with Crippen LogP contribution in [0.2, 0.25) is 0 Å². The van der Waals surface area contributed by atoms with Crippen LogP contribution in [-0.2, 0) is 27.6 Å². The number of sulfone groups is 1. The van der Waals surface area contributed by atoms with E-state index in [4.69, 9.17) is 0 Å². The van der Waals surface area contributed by atoms with Crippen LogP contribution >= 0.6 is 0 Å². The van der Waals surface area contributed by atoms with E-state index in [1.165, 1.54) is 0 Å². The van der Waals surface area contributed by atoms with E-state index in [2.05, 4.69) is 32.8 Å². The molecule has 7 heteroatoms. The Morgan fingerprint density at radius 2 is 2.04 bits per heavy atom. The molecule has 0 radical (unpaired) electrons. The highest BCUT2D eigenvalue weighted by Gasteiger charge is 2.34. The van der Waals surface area contributed by atoms with Crippen LogP contribution in [0.25, 0.3) is 0 Å². The molecule has 0 N–H and O–H groups in total. The number of amides is 1. The van der Waals surface area contributed by atoms with Crippen molar-refractivity contribution in [1.29, 1.82) is 0 Å². The van der Waals surface area contributed by atoms with Gasteiger partial charge in [-0.15, -0.1) is 0 Å². The van der Waals surface area contributed by atoms with E-state index in [-0.39, 0.29) is 23.5 Å². The van der Waals surface area contributed by atoms with Gasteiger partial charge in [0.1, 0.15) is 0 Å². The maximum Gasteiger partial charge on any atom is 0.223 e. The first-order valence-corrected chi connectivity index (χ1v) is 12.0. The van der Waals surface area contributed by atoms with Crippen molar-refractivity contribution in [3.8, 4) is 0 Å². The molecule has 1 aromatic rings. The Labute approximate surface area is 164 Å². The molecule has 0 aliphatic carbocycles. The Hall–Kier alpha value is -1.37. The fourth-order valence-electron chi connectivity index (χ4n) is 3.86. The van der Waals surface area contributed by atoms with Gasteiger partial charge in [-0.3, -0.25) is 9.48 Å². The molecule has 1 aliphatic heterocycles. The van der Waals surface area contributed by atoms with Gasteiger partial charge in [-0.2, -0.15) is 5.10 Å². The zero-order valence-corrected chi connectivity index (χ0v) is 18.3. The molecule has 2 rings (SSSR count). The van der Waals surface area contributed by atoms with Crippen molar-refractivity contribution < 1.29 is 13.2 Å². The molecule has 1 fully saturated rings. The topological polar surface area (TPSA) is 72.3 Å². The van der Waals surface area contributed by atoms with Gasteiger partial charge in [0.15, 0.2) is 9.84 Å². The van der Waals surface area contributed by atoms with Crippen molar-refractivity contribution in [2.75, 3.05) is 18.1 Å². The molecule has 1 atom stereocenters. The van der Waals surface area contributed by atoms with Gasteiger partial charge in [0.25, 0.3) is 0 Å². The molecular formula is C20H35N3O3S. The summed E-state index contributed by atoms with van der Waals surface area (Å²) >= 11 is 0. The van der Waals surface area contributed by atoms with Crippen LogP contribution in [0.4, 0.5) is 0 Å². The number of aryl methyl sites for hydroxylation is 1. The number of hydrogen-bond donors (Lipinski definition) is 0. The molecule has 154 valence electrons. The maximum absolute atomic E-state index is 12.9. The predicted molar refractivity (Wildman–Crippen MR) is 109 cm³/mol. The number of hydrogen-bond acceptors (Lipinski definition) is 4. The third-order valence-corrected chi connectivity index (χ3v) is 7.13. The van der Waals surface area contributed by atoms with Crippen molar-refractivity contribution in [2.45, 2.75) is 79.3 Å². The van der Waals surface area contributed by atoms with Crippen LogP contribution < -0.4 is 0 Å². The van der Waals surface area contributed by atoms with E-state index >= 15 is 0 Å². The minimum absolute atomic E-state index is 0.0703. The lowest BCUT2D eigenvalue weighted by molar-refractivity contribution is -0.133. The Balaban J connectivity index is 2.06. The second-order valence-electron chi connectivity index (χ2n) is 8.22. The monoisotopic (exact) mass is 397 g/mol. The van der Waals surface area contributed by atoms with Gasteiger partial charge < -0.3 is 4.90 Å². The second-order valence-corrected chi connectivity index (χ2v) is 10.5. The highest BCUT2D eigenvalue weighted by molar-refractivity contribution is 7.91. The fraction of sp³-hybridized carbons (Fsp3) is 0.800. The van der Waals surface area contributed by atoms with Crippen LogP contribution in [0.3, 0.4) is 0 Å². The molecule has 1 unspecified atom stereocenters. The number of carbonyl (C=O) groups is 1. The van der Waals surface area contributed by atoms with Crippen LogP contribution in [0.15, 0.2) is 0 Å². The summed E-state index contributed by atoms with van der Waals surface area (Å²) in [4.78, 5) is 14.8. The Morgan fingerprint density at radius 3 is 2.59 bits per heavy atom. The third-order valence-electron chi connectivity index (χ3n) is 5.38. The Bertz CT molecular complexity index is 753. The molecular weight excluding hydrogens is 362 g/mol. The fourth-order valence-corrected chi connectivity index (χ4v) is 5.59. The van der Waals surface area contributed by atoms with Crippen molar-refractivity contribution in [1.82, 2.24) is 14.7 Å². The average molecular weight is 398 g/mol. The molecule has 6 nitrogen and oxygen atoms in total. The SMILES string of the molecule is CCCCN(C(=O)CCc1c(C)nn(CC(C)C)c1C)C1CCS(=O)(=O)C1. The van der Waals surface area contributed by atoms with Gasteiger partial charge in [0.05, 0.1) is 17.2 Å². The van der Waals surface area contributed by atoms with E-state index < -0.39 is 9.84 Å². The summed E-state index contributed by atoms with van der Waals surface area (Å²) in [5, 5.41) is 4.63.